The number of para-hydroxylation sites is 1. The van der Waals surface area contributed by atoms with E-state index in [-0.39, 0.29) is 30.5 Å². The van der Waals surface area contributed by atoms with E-state index >= 15 is 0 Å². The Morgan fingerprint density at radius 1 is 1.14 bits per heavy atom. The molecule has 1 N–H and O–H groups in total. The molecule has 2 aliphatic heterocycles. The summed E-state index contributed by atoms with van der Waals surface area (Å²) >= 11 is 3.45. The Labute approximate surface area is 176 Å². The highest BCUT2D eigenvalue weighted by Crippen LogP contribution is 2.32. The van der Waals surface area contributed by atoms with Crippen molar-refractivity contribution in [2.24, 2.45) is 5.92 Å². The van der Waals surface area contributed by atoms with Gasteiger partial charge in [-0.05, 0) is 30.3 Å². The number of morpholine rings is 1. The smallest absolute Gasteiger partial charge is 0.229 e. The second-order valence-corrected chi connectivity index (χ2v) is 8.02. The van der Waals surface area contributed by atoms with Crippen molar-refractivity contribution in [1.29, 1.82) is 0 Å². The number of carbonyl (C=O) groups is 2. The first-order chi connectivity index (χ1) is 14.0. The van der Waals surface area contributed by atoms with Gasteiger partial charge in [0.15, 0.2) is 0 Å². The highest BCUT2D eigenvalue weighted by molar-refractivity contribution is 9.10. The van der Waals surface area contributed by atoms with Gasteiger partial charge in [-0.3, -0.25) is 9.59 Å². The van der Waals surface area contributed by atoms with Crippen molar-refractivity contribution < 1.29 is 18.7 Å². The van der Waals surface area contributed by atoms with Gasteiger partial charge in [0.05, 0.1) is 36.2 Å². The molecule has 0 saturated carbocycles. The number of halogens is 2. The van der Waals surface area contributed by atoms with Crippen LogP contribution in [0.2, 0.25) is 0 Å². The summed E-state index contributed by atoms with van der Waals surface area (Å²) in [5.41, 5.74) is 1.81. The molecule has 0 bridgehead atoms. The molecule has 0 spiro atoms. The maximum Gasteiger partial charge on any atom is 0.229 e. The first kappa shape index (κ1) is 19.8. The Morgan fingerprint density at radius 3 is 2.66 bits per heavy atom. The van der Waals surface area contributed by atoms with E-state index < -0.39 is 11.7 Å². The zero-order valence-corrected chi connectivity index (χ0v) is 17.3. The minimum Gasteiger partial charge on any atom is -0.378 e. The van der Waals surface area contributed by atoms with Gasteiger partial charge in [0.2, 0.25) is 11.8 Å². The Bertz CT molecular complexity index is 933. The number of ether oxygens (including phenoxy) is 1. The molecule has 2 aromatic rings. The van der Waals surface area contributed by atoms with E-state index in [0.717, 1.165) is 23.2 Å². The average molecular weight is 462 g/mol. The Balaban J connectivity index is 1.51. The second-order valence-electron chi connectivity index (χ2n) is 7.11. The summed E-state index contributed by atoms with van der Waals surface area (Å²) in [6.45, 7) is 2.92. The highest BCUT2D eigenvalue weighted by Gasteiger charge is 2.36. The molecule has 2 amide bonds. The van der Waals surface area contributed by atoms with Crippen molar-refractivity contribution in [2.45, 2.75) is 6.42 Å². The fraction of sp³-hybridized carbons (Fsp3) is 0.333. The van der Waals surface area contributed by atoms with Crippen LogP contribution in [0.25, 0.3) is 0 Å². The third-order valence-corrected chi connectivity index (χ3v) is 5.70. The first-order valence-electron chi connectivity index (χ1n) is 9.51. The Kier molecular flexibility index (Phi) is 5.82. The number of anilines is 3. The van der Waals surface area contributed by atoms with E-state index in [1.165, 1.54) is 11.0 Å². The van der Waals surface area contributed by atoms with E-state index in [1.807, 2.05) is 18.2 Å². The van der Waals surface area contributed by atoms with Gasteiger partial charge < -0.3 is 19.9 Å². The van der Waals surface area contributed by atoms with E-state index in [9.17, 15) is 14.0 Å². The van der Waals surface area contributed by atoms with Crippen molar-refractivity contribution in [3.05, 3.63) is 52.8 Å². The third kappa shape index (κ3) is 4.28. The molecule has 0 radical (unpaired) electrons. The molecule has 1 unspecified atom stereocenters. The molecular formula is C21H21BrFN3O3. The van der Waals surface area contributed by atoms with Crippen LogP contribution in [0, 0.1) is 11.7 Å². The van der Waals surface area contributed by atoms with Crippen LogP contribution in [-0.2, 0) is 14.3 Å². The van der Waals surface area contributed by atoms with Gasteiger partial charge in [-0.1, -0.05) is 28.1 Å². The number of amides is 2. The molecule has 29 heavy (non-hydrogen) atoms. The van der Waals surface area contributed by atoms with Crippen LogP contribution in [0.5, 0.6) is 0 Å². The van der Waals surface area contributed by atoms with Crippen LogP contribution < -0.4 is 15.1 Å². The standard InChI is InChI=1S/C21H21BrFN3O3/c22-15-5-6-19(25-7-9-29-10-8-25)17(12-15)24-21(28)14-11-20(27)26(13-14)18-4-2-1-3-16(18)23/h1-6,12,14H,7-11,13H2,(H,24,28). The zero-order chi connectivity index (χ0) is 20.4. The fourth-order valence-corrected chi connectivity index (χ4v) is 4.07. The minimum atomic E-state index is -0.543. The van der Waals surface area contributed by atoms with Crippen LogP contribution in [0.15, 0.2) is 46.9 Å². The lowest BCUT2D eigenvalue weighted by atomic mass is 10.1. The molecule has 152 valence electrons. The average Bonchev–Trinajstić information content (AvgIpc) is 3.11. The number of benzene rings is 2. The van der Waals surface area contributed by atoms with Crippen molar-refractivity contribution in [2.75, 3.05) is 48.0 Å². The van der Waals surface area contributed by atoms with Gasteiger partial charge in [-0.2, -0.15) is 0 Å². The number of hydrogen-bond donors (Lipinski definition) is 1. The number of rotatable bonds is 4. The van der Waals surface area contributed by atoms with Gasteiger partial charge in [-0.25, -0.2) is 4.39 Å². The lowest BCUT2D eigenvalue weighted by molar-refractivity contribution is -0.122. The predicted octanol–water partition coefficient (Wildman–Crippen LogP) is 3.42. The molecule has 8 heteroatoms. The molecule has 2 aromatic carbocycles. The molecular weight excluding hydrogens is 441 g/mol. The molecule has 4 rings (SSSR count). The lowest BCUT2D eigenvalue weighted by Crippen LogP contribution is -2.37. The number of hydrogen-bond acceptors (Lipinski definition) is 4. The van der Waals surface area contributed by atoms with Crippen molar-refractivity contribution in [3.8, 4) is 0 Å². The Morgan fingerprint density at radius 2 is 1.90 bits per heavy atom. The summed E-state index contributed by atoms with van der Waals surface area (Å²) in [6, 6.07) is 11.9. The van der Waals surface area contributed by atoms with E-state index in [2.05, 4.69) is 26.1 Å². The largest absolute Gasteiger partial charge is 0.378 e. The fourth-order valence-electron chi connectivity index (χ4n) is 3.71. The summed E-state index contributed by atoms with van der Waals surface area (Å²) < 4.78 is 20.3. The maximum absolute atomic E-state index is 14.1. The summed E-state index contributed by atoms with van der Waals surface area (Å²) in [4.78, 5) is 28.9. The predicted molar refractivity (Wildman–Crippen MR) is 113 cm³/mol. The zero-order valence-electron chi connectivity index (χ0n) is 15.7. The van der Waals surface area contributed by atoms with Crippen LogP contribution in [-0.4, -0.2) is 44.7 Å². The van der Waals surface area contributed by atoms with E-state index in [4.69, 9.17) is 4.74 Å². The first-order valence-corrected chi connectivity index (χ1v) is 10.3. The number of nitrogens with one attached hydrogen (secondary N) is 1. The second kappa shape index (κ2) is 8.51. The van der Waals surface area contributed by atoms with Crippen molar-refractivity contribution in [3.63, 3.8) is 0 Å². The van der Waals surface area contributed by atoms with Crippen LogP contribution >= 0.6 is 15.9 Å². The molecule has 1 atom stereocenters. The topological polar surface area (TPSA) is 61.9 Å². The molecule has 6 nitrogen and oxygen atoms in total. The van der Waals surface area contributed by atoms with Gasteiger partial charge in [-0.15, -0.1) is 0 Å². The molecule has 2 fully saturated rings. The lowest BCUT2D eigenvalue weighted by Gasteiger charge is -2.30. The number of nitrogens with zero attached hydrogens (tertiary/aromatic N) is 2. The number of carbonyl (C=O) groups excluding carboxylic acids is 2. The summed E-state index contributed by atoms with van der Waals surface area (Å²) in [7, 11) is 0. The SMILES string of the molecule is O=C(Nc1cc(Br)ccc1N1CCOCC1)C1CC(=O)N(c2ccccc2F)C1. The van der Waals surface area contributed by atoms with Gasteiger partial charge in [0.25, 0.3) is 0 Å². The molecule has 0 aromatic heterocycles. The molecule has 2 saturated heterocycles. The van der Waals surface area contributed by atoms with Crippen molar-refractivity contribution >= 4 is 44.8 Å². The molecule has 2 heterocycles. The van der Waals surface area contributed by atoms with Crippen LogP contribution in [0.3, 0.4) is 0 Å². The monoisotopic (exact) mass is 461 g/mol. The summed E-state index contributed by atoms with van der Waals surface area (Å²) in [5, 5.41) is 2.97. The van der Waals surface area contributed by atoms with Gasteiger partial charge in [0, 0.05) is 30.5 Å². The quantitative estimate of drug-likeness (QED) is 0.757. The van der Waals surface area contributed by atoms with E-state index in [1.54, 1.807) is 18.2 Å². The van der Waals surface area contributed by atoms with Crippen molar-refractivity contribution in [1.82, 2.24) is 0 Å². The summed E-state index contributed by atoms with van der Waals surface area (Å²) in [6.07, 6.45) is 0.0566. The molecule has 0 aliphatic carbocycles. The highest BCUT2D eigenvalue weighted by atomic mass is 79.9. The minimum absolute atomic E-state index is 0.0566. The van der Waals surface area contributed by atoms with Crippen LogP contribution in [0.1, 0.15) is 6.42 Å². The van der Waals surface area contributed by atoms with Gasteiger partial charge >= 0.3 is 0 Å². The third-order valence-electron chi connectivity index (χ3n) is 5.21. The Hall–Kier alpha value is -2.45. The van der Waals surface area contributed by atoms with E-state index in [0.29, 0.717) is 18.9 Å². The van der Waals surface area contributed by atoms with Crippen LogP contribution in [0.4, 0.5) is 21.5 Å². The maximum atomic E-state index is 14.1. The van der Waals surface area contributed by atoms with Gasteiger partial charge in [0.1, 0.15) is 5.82 Å². The summed E-state index contributed by atoms with van der Waals surface area (Å²) in [5.74, 6) is -1.51. The molecule has 2 aliphatic rings. The normalized spacial score (nSPS) is 19.5.